The van der Waals surface area contributed by atoms with Crippen molar-refractivity contribution in [3.63, 3.8) is 0 Å². The maximum atomic E-state index is 11.3. The Hall–Kier alpha value is -1.10. The minimum Gasteiger partial charge on any atom is -0.480 e. The van der Waals surface area contributed by atoms with E-state index in [9.17, 15) is 14.7 Å². The van der Waals surface area contributed by atoms with Crippen LogP contribution in [0.1, 0.15) is 26.2 Å². The van der Waals surface area contributed by atoms with Gasteiger partial charge in [-0.1, -0.05) is 13.3 Å². The van der Waals surface area contributed by atoms with Gasteiger partial charge in [0.2, 0.25) is 5.91 Å². The fourth-order valence-corrected chi connectivity index (χ4v) is 1.70. The third-order valence-corrected chi connectivity index (χ3v) is 2.36. The van der Waals surface area contributed by atoms with E-state index in [0.29, 0.717) is 12.8 Å². The third-order valence-electron chi connectivity index (χ3n) is 2.36. The Morgan fingerprint density at radius 2 is 2.36 bits per heavy atom. The number of carboxylic acid groups (broad SMARTS) is 1. The Kier molecular flexibility index (Phi) is 3.46. The fourth-order valence-electron chi connectivity index (χ4n) is 1.70. The first-order chi connectivity index (χ1) is 6.56. The summed E-state index contributed by atoms with van der Waals surface area (Å²) in [4.78, 5) is 23.4. The van der Waals surface area contributed by atoms with Crippen molar-refractivity contribution in [3.8, 4) is 0 Å². The number of rotatable bonds is 4. The molecule has 80 valence electrons. The van der Waals surface area contributed by atoms with Gasteiger partial charge in [0.15, 0.2) is 0 Å². The molecule has 1 fully saturated rings. The van der Waals surface area contributed by atoms with Crippen LogP contribution < -0.4 is 0 Å². The van der Waals surface area contributed by atoms with E-state index in [4.69, 9.17) is 5.11 Å². The third kappa shape index (κ3) is 2.23. The number of carboxylic acids is 1. The summed E-state index contributed by atoms with van der Waals surface area (Å²) < 4.78 is 0. The highest BCUT2D eigenvalue weighted by atomic mass is 16.4. The van der Waals surface area contributed by atoms with Gasteiger partial charge in [0.05, 0.1) is 12.5 Å². The van der Waals surface area contributed by atoms with Crippen molar-refractivity contribution in [1.82, 2.24) is 4.90 Å². The summed E-state index contributed by atoms with van der Waals surface area (Å²) in [7, 11) is 0. The highest BCUT2D eigenvalue weighted by molar-refractivity contribution is 5.85. The van der Waals surface area contributed by atoms with Gasteiger partial charge in [-0.25, -0.2) is 4.79 Å². The molecule has 5 nitrogen and oxygen atoms in total. The number of aliphatic hydroxyl groups is 1. The molecule has 0 aromatic carbocycles. The predicted molar refractivity (Wildman–Crippen MR) is 48.7 cm³/mol. The summed E-state index contributed by atoms with van der Waals surface area (Å²) in [5.41, 5.74) is 0. The maximum Gasteiger partial charge on any atom is 0.326 e. The maximum absolute atomic E-state index is 11.3. The van der Waals surface area contributed by atoms with E-state index in [1.807, 2.05) is 6.92 Å². The molecular weight excluding hydrogens is 186 g/mol. The van der Waals surface area contributed by atoms with Crippen molar-refractivity contribution in [3.05, 3.63) is 0 Å². The number of nitrogens with zero attached hydrogens (tertiary/aromatic N) is 1. The van der Waals surface area contributed by atoms with Crippen LogP contribution in [-0.4, -0.2) is 45.7 Å². The van der Waals surface area contributed by atoms with Crippen LogP contribution >= 0.6 is 0 Å². The molecule has 2 unspecified atom stereocenters. The van der Waals surface area contributed by atoms with E-state index in [2.05, 4.69) is 0 Å². The van der Waals surface area contributed by atoms with E-state index >= 15 is 0 Å². The van der Waals surface area contributed by atoms with Gasteiger partial charge in [0.1, 0.15) is 6.04 Å². The number of amides is 1. The molecule has 0 radical (unpaired) electrons. The first kappa shape index (κ1) is 11.0. The second kappa shape index (κ2) is 4.41. The van der Waals surface area contributed by atoms with E-state index in [0.717, 1.165) is 0 Å². The number of carbonyl (C=O) groups is 2. The van der Waals surface area contributed by atoms with E-state index in [1.54, 1.807) is 0 Å². The predicted octanol–water partition coefficient (Wildman–Crippen LogP) is -0.167. The summed E-state index contributed by atoms with van der Waals surface area (Å²) in [6.07, 6.45) is 0.485. The molecule has 0 bridgehead atoms. The van der Waals surface area contributed by atoms with Gasteiger partial charge in [-0.05, 0) is 6.42 Å². The van der Waals surface area contributed by atoms with Gasteiger partial charge in [0.25, 0.3) is 0 Å². The largest absolute Gasteiger partial charge is 0.480 e. The number of hydrogen-bond donors (Lipinski definition) is 2. The molecule has 1 aliphatic rings. The zero-order valence-electron chi connectivity index (χ0n) is 8.14. The van der Waals surface area contributed by atoms with Crippen molar-refractivity contribution in [2.75, 3.05) is 6.54 Å². The van der Waals surface area contributed by atoms with Crippen LogP contribution in [0.4, 0.5) is 0 Å². The van der Waals surface area contributed by atoms with Crippen LogP contribution in [0.15, 0.2) is 0 Å². The first-order valence-corrected chi connectivity index (χ1v) is 4.76. The van der Waals surface area contributed by atoms with Crippen LogP contribution in [0.5, 0.6) is 0 Å². The molecule has 0 aromatic rings. The zero-order chi connectivity index (χ0) is 10.7. The molecule has 1 heterocycles. The Bertz CT molecular complexity index is 241. The molecular formula is C9H15NO4. The Morgan fingerprint density at radius 3 is 2.71 bits per heavy atom. The van der Waals surface area contributed by atoms with E-state index < -0.39 is 18.1 Å². The lowest BCUT2D eigenvalue weighted by molar-refractivity contribution is -0.148. The van der Waals surface area contributed by atoms with Crippen molar-refractivity contribution in [2.45, 2.75) is 38.3 Å². The van der Waals surface area contributed by atoms with Crippen LogP contribution in [0.2, 0.25) is 0 Å². The molecule has 0 aromatic heterocycles. The zero-order valence-corrected chi connectivity index (χ0v) is 8.14. The quantitative estimate of drug-likeness (QED) is 0.662. The summed E-state index contributed by atoms with van der Waals surface area (Å²) in [5, 5.41) is 18.1. The second-order valence-electron chi connectivity index (χ2n) is 3.55. The van der Waals surface area contributed by atoms with Crippen molar-refractivity contribution in [1.29, 1.82) is 0 Å². The van der Waals surface area contributed by atoms with Gasteiger partial charge in [-0.2, -0.15) is 0 Å². The molecule has 14 heavy (non-hydrogen) atoms. The van der Waals surface area contributed by atoms with Crippen LogP contribution in [-0.2, 0) is 9.59 Å². The van der Waals surface area contributed by atoms with Gasteiger partial charge < -0.3 is 15.1 Å². The Morgan fingerprint density at radius 1 is 1.71 bits per heavy atom. The number of aliphatic carboxylic acids is 1. The molecule has 2 atom stereocenters. The summed E-state index contributed by atoms with van der Waals surface area (Å²) in [6, 6.07) is -0.773. The van der Waals surface area contributed by atoms with Crippen LogP contribution in [0, 0.1) is 0 Å². The molecule has 1 saturated heterocycles. The second-order valence-corrected chi connectivity index (χ2v) is 3.55. The van der Waals surface area contributed by atoms with Gasteiger partial charge in [-0.3, -0.25) is 4.79 Å². The van der Waals surface area contributed by atoms with Gasteiger partial charge in [0, 0.05) is 6.54 Å². The topological polar surface area (TPSA) is 77.8 Å². The molecule has 2 N–H and O–H groups in total. The monoisotopic (exact) mass is 201 g/mol. The summed E-state index contributed by atoms with van der Waals surface area (Å²) in [6.45, 7) is 2.02. The number of aliphatic hydroxyl groups excluding tert-OH is 1. The highest BCUT2D eigenvalue weighted by Crippen LogP contribution is 2.17. The molecule has 5 heteroatoms. The SMILES string of the molecule is CCCC(C(=O)O)N1CC(O)CC1=O. The van der Waals surface area contributed by atoms with E-state index in [-0.39, 0.29) is 18.9 Å². The van der Waals surface area contributed by atoms with Crippen LogP contribution in [0.3, 0.4) is 0 Å². The number of hydrogen-bond acceptors (Lipinski definition) is 3. The molecule has 1 amide bonds. The molecule has 1 rings (SSSR count). The smallest absolute Gasteiger partial charge is 0.326 e. The average molecular weight is 201 g/mol. The van der Waals surface area contributed by atoms with E-state index in [1.165, 1.54) is 4.90 Å². The first-order valence-electron chi connectivity index (χ1n) is 4.76. The summed E-state index contributed by atoms with van der Waals surface area (Å²) >= 11 is 0. The minimum atomic E-state index is -0.991. The lowest BCUT2D eigenvalue weighted by Crippen LogP contribution is -2.42. The lowest BCUT2D eigenvalue weighted by Gasteiger charge is -2.23. The number of carbonyl (C=O) groups excluding carboxylic acids is 1. The molecule has 1 aliphatic heterocycles. The van der Waals surface area contributed by atoms with Gasteiger partial charge in [-0.15, -0.1) is 0 Å². The summed E-state index contributed by atoms with van der Waals surface area (Å²) in [5.74, 6) is -1.26. The normalized spacial score (nSPS) is 24.0. The minimum absolute atomic E-state index is 0.0491. The Labute approximate surface area is 82.3 Å². The van der Waals surface area contributed by atoms with Crippen LogP contribution in [0.25, 0.3) is 0 Å². The fraction of sp³-hybridized carbons (Fsp3) is 0.778. The Balaban J connectivity index is 2.68. The van der Waals surface area contributed by atoms with Gasteiger partial charge >= 0.3 is 5.97 Å². The lowest BCUT2D eigenvalue weighted by atomic mass is 10.1. The average Bonchev–Trinajstić information content (AvgIpc) is 2.40. The molecule has 0 saturated carbocycles. The standard InChI is InChI=1S/C9H15NO4/c1-2-3-7(9(13)14)10-5-6(11)4-8(10)12/h6-7,11H,2-5H2,1H3,(H,13,14). The van der Waals surface area contributed by atoms with Crippen molar-refractivity contribution < 1.29 is 19.8 Å². The number of likely N-dealkylation sites (tertiary alicyclic amines) is 1. The molecule has 0 spiro atoms. The van der Waals surface area contributed by atoms with Crippen molar-refractivity contribution >= 4 is 11.9 Å². The number of β-amino-alcohol motifs (C(OH)–C–C–N with tert-alkyl or cyclic N) is 1. The highest BCUT2D eigenvalue weighted by Gasteiger charge is 2.36. The molecule has 0 aliphatic carbocycles. The van der Waals surface area contributed by atoms with Crippen molar-refractivity contribution in [2.24, 2.45) is 0 Å².